The molecule has 0 unspecified atom stereocenters. The van der Waals surface area contributed by atoms with Crippen molar-refractivity contribution in [2.24, 2.45) is 5.73 Å². The minimum atomic E-state index is -0.785. The van der Waals surface area contributed by atoms with Crippen molar-refractivity contribution in [3.05, 3.63) is 77.0 Å². The van der Waals surface area contributed by atoms with Crippen LogP contribution in [0.4, 0.5) is 4.39 Å². The Morgan fingerprint density at radius 3 is 2.59 bits per heavy atom. The number of carbonyl (C=O) groups is 3. The highest BCUT2D eigenvalue weighted by atomic mass is 35.5. The number of hydrogen-bond acceptors (Lipinski definition) is 7. The van der Waals surface area contributed by atoms with Gasteiger partial charge in [-0.1, -0.05) is 23.7 Å². The summed E-state index contributed by atoms with van der Waals surface area (Å²) < 4.78 is 21.1. The first-order chi connectivity index (χ1) is 18.6. The maximum atomic E-state index is 14.1. The van der Waals surface area contributed by atoms with Gasteiger partial charge in [-0.05, 0) is 44.2 Å². The molecule has 13 heteroatoms. The highest BCUT2D eigenvalue weighted by Gasteiger charge is 2.24. The molecule has 0 saturated heterocycles. The molecule has 2 aromatic heterocycles. The SMILES string of the molecule is CC(C)N(CC(=O)NCc1cccc(Cl)c1F)C(=O)Cn1nc(C(N)=O)c2cc(Oc3ncccn3)ccc21. The molecule has 39 heavy (non-hydrogen) atoms. The quantitative estimate of drug-likeness (QED) is 0.307. The molecule has 0 radical (unpaired) electrons. The number of primary amides is 1. The highest BCUT2D eigenvalue weighted by molar-refractivity contribution is 6.30. The molecule has 3 amide bonds. The number of amides is 3. The third-order valence-electron chi connectivity index (χ3n) is 5.76. The Morgan fingerprint density at radius 2 is 1.90 bits per heavy atom. The first-order valence-electron chi connectivity index (χ1n) is 11.9. The number of nitrogens with zero attached hydrogens (tertiary/aromatic N) is 5. The Hall–Kier alpha value is -4.58. The Morgan fingerprint density at radius 1 is 1.15 bits per heavy atom. The number of carbonyl (C=O) groups excluding carboxylic acids is 3. The predicted octanol–water partition coefficient (Wildman–Crippen LogP) is 3.06. The van der Waals surface area contributed by atoms with Gasteiger partial charge in [0.2, 0.25) is 11.8 Å². The fraction of sp³-hybridized carbons (Fsp3) is 0.231. The van der Waals surface area contributed by atoms with Crippen molar-refractivity contribution in [1.29, 1.82) is 0 Å². The minimum absolute atomic E-state index is 0.0466. The van der Waals surface area contributed by atoms with Gasteiger partial charge in [-0.3, -0.25) is 19.1 Å². The van der Waals surface area contributed by atoms with E-state index in [9.17, 15) is 18.8 Å². The van der Waals surface area contributed by atoms with Gasteiger partial charge >= 0.3 is 6.01 Å². The van der Waals surface area contributed by atoms with Crippen LogP contribution in [0.3, 0.4) is 0 Å². The summed E-state index contributed by atoms with van der Waals surface area (Å²) in [5, 5.41) is 7.18. The van der Waals surface area contributed by atoms with Crippen molar-refractivity contribution in [2.45, 2.75) is 33.0 Å². The van der Waals surface area contributed by atoms with Crippen LogP contribution in [-0.4, -0.2) is 55.0 Å². The molecule has 0 fully saturated rings. The van der Waals surface area contributed by atoms with Crippen molar-refractivity contribution < 1.29 is 23.5 Å². The molecule has 11 nitrogen and oxygen atoms in total. The first-order valence-corrected chi connectivity index (χ1v) is 12.3. The zero-order chi connectivity index (χ0) is 28.1. The van der Waals surface area contributed by atoms with Crippen LogP contribution in [0.2, 0.25) is 5.02 Å². The molecule has 0 bridgehead atoms. The number of nitrogens with two attached hydrogens (primary N) is 1. The van der Waals surface area contributed by atoms with Crippen LogP contribution in [0.25, 0.3) is 10.9 Å². The summed E-state index contributed by atoms with van der Waals surface area (Å²) in [6, 6.07) is 10.7. The molecule has 3 N–H and O–H groups in total. The van der Waals surface area contributed by atoms with Crippen LogP contribution in [-0.2, 0) is 22.7 Å². The molecule has 4 aromatic rings. The number of hydrogen-bond donors (Lipinski definition) is 2. The van der Waals surface area contributed by atoms with Crippen molar-refractivity contribution in [2.75, 3.05) is 6.54 Å². The molecule has 0 saturated carbocycles. The molecule has 4 rings (SSSR count). The van der Waals surface area contributed by atoms with Gasteiger partial charge in [-0.25, -0.2) is 14.4 Å². The lowest BCUT2D eigenvalue weighted by Crippen LogP contribution is -2.45. The predicted molar refractivity (Wildman–Crippen MR) is 140 cm³/mol. The number of aromatic nitrogens is 4. The van der Waals surface area contributed by atoms with Crippen LogP contribution in [0.1, 0.15) is 29.9 Å². The smallest absolute Gasteiger partial charge is 0.321 e. The first kappa shape index (κ1) is 27.5. The third kappa shape index (κ3) is 6.47. The molecule has 2 aromatic carbocycles. The van der Waals surface area contributed by atoms with Crippen LogP contribution in [0.15, 0.2) is 54.9 Å². The number of benzene rings is 2. The Labute approximate surface area is 227 Å². The van der Waals surface area contributed by atoms with E-state index < -0.39 is 23.5 Å². The van der Waals surface area contributed by atoms with Crippen LogP contribution in [0.5, 0.6) is 11.8 Å². The highest BCUT2D eigenvalue weighted by Crippen LogP contribution is 2.26. The van der Waals surface area contributed by atoms with E-state index >= 15 is 0 Å². The number of nitrogens with one attached hydrogen (secondary N) is 1. The van der Waals surface area contributed by atoms with E-state index in [-0.39, 0.29) is 48.0 Å². The molecule has 0 spiro atoms. The molecule has 0 aliphatic carbocycles. The topological polar surface area (TPSA) is 145 Å². The van der Waals surface area contributed by atoms with Crippen molar-refractivity contribution >= 4 is 40.2 Å². The zero-order valence-electron chi connectivity index (χ0n) is 21.1. The van der Waals surface area contributed by atoms with Crippen LogP contribution >= 0.6 is 11.6 Å². The lowest BCUT2D eigenvalue weighted by molar-refractivity contribution is -0.138. The summed E-state index contributed by atoms with van der Waals surface area (Å²) in [6.45, 7) is 2.89. The second kappa shape index (κ2) is 11.9. The fourth-order valence-electron chi connectivity index (χ4n) is 3.83. The zero-order valence-corrected chi connectivity index (χ0v) is 21.9. The lowest BCUT2D eigenvalue weighted by Gasteiger charge is -2.26. The van der Waals surface area contributed by atoms with Crippen molar-refractivity contribution in [1.82, 2.24) is 30.0 Å². The average molecular weight is 554 g/mol. The van der Waals surface area contributed by atoms with E-state index in [1.807, 2.05) is 0 Å². The monoisotopic (exact) mass is 553 g/mol. The largest absolute Gasteiger partial charge is 0.424 e. The summed E-state index contributed by atoms with van der Waals surface area (Å²) in [7, 11) is 0. The van der Waals surface area contributed by atoms with Gasteiger partial charge < -0.3 is 20.7 Å². The summed E-state index contributed by atoms with van der Waals surface area (Å²) in [4.78, 5) is 47.3. The fourth-order valence-corrected chi connectivity index (χ4v) is 4.03. The molecule has 202 valence electrons. The van der Waals surface area contributed by atoms with Gasteiger partial charge in [-0.2, -0.15) is 5.10 Å². The molecule has 0 aliphatic rings. The molecule has 2 heterocycles. The van der Waals surface area contributed by atoms with E-state index in [0.717, 1.165) is 0 Å². The number of ether oxygens (including phenoxy) is 1. The van der Waals surface area contributed by atoms with E-state index in [2.05, 4.69) is 20.4 Å². The van der Waals surface area contributed by atoms with Gasteiger partial charge in [0, 0.05) is 35.9 Å². The molecule has 0 atom stereocenters. The van der Waals surface area contributed by atoms with Crippen LogP contribution < -0.4 is 15.8 Å². The number of rotatable bonds is 10. The summed E-state index contributed by atoms with van der Waals surface area (Å²) in [5.41, 5.74) is 6.18. The summed E-state index contributed by atoms with van der Waals surface area (Å²) in [6.07, 6.45) is 3.05. The van der Waals surface area contributed by atoms with Crippen molar-refractivity contribution in [3.63, 3.8) is 0 Å². The van der Waals surface area contributed by atoms with E-state index in [0.29, 0.717) is 16.7 Å². The van der Waals surface area contributed by atoms with Crippen LogP contribution in [0, 0.1) is 5.82 Å². The van der Waals surface area contributed by atoms with Gasteiger partial charge in [-0.15, -0.1) is 0 Å². The Bertz CT molecular complexity index is 1530. The van der Waals surface area contributed by atoms with E-state index in [4.69, 9.17) is 22.1 Å². The Kier molecular flexibility index (Phi) is 8.35. The normalized spacial score (nSPS) is 11.0. The summed E-state index contributed by atoms with van der Waals surface area (Å²) in [5.74, 6) is -1.96. The minimum Gasteiger partial charge on any atom is -0.424 e. The molecule has 0 aliphatic heterocycles. The molecular formula is C26H25ClFN7O4. The standard InChI is InChI=1S/C26H25ClFN7O4/c1-15(2)34(13-21(36)32-12-16-5-3-6-19(27)23(16)28)22(37)14-35-20-8-7-17(39-26-30-9-4-10-31-26)11-18(20)24(33-35)25(29)38/h3-11,15H,12-14H2,1-2H3,(H2,29,38)(H,32,36). The summed E-state index contributed by atoms with van der Waals surface area (Å²) >= 11 is 5.79. The van der Waals surface area contributed by atoms with Gasteiger partial charge in [0.25, 0.3) is 5.91 Å². The maximum absolute atomic E-state index is 14.1. The third-order valence-corrected chi connectivity index (χ3v) is 6.05. The second-order valence-corrected chi connectivity index (χ2v) is 9.20. The maximum Gasteiger partial charge on any atom is 0.321 e. The van der Waals surface area contributed by atoms with Gasteiger partial charge in [0.15, 0.2) is 5.69 Å². The van der Waals surface area contributed by atoms with Gasteiger partial charge in [0.05, 0.1) is 17.1 Å². The van der Waals surface area contributed by atoms with Crippen molar-refractivity contribution in [3.8, 4) is 11.8 Å². The van der Waals surface area contributed by atoms with E-state index in [1.165, 1.54) is 34.1 Å². The number of halogens is 2. The van der Waals surface area contributed by atoms with E-state index in [1.54, 1.807) is 44.2 Å². The average Bonchev–Trinajstić information content (AvgIpc) is 3.26. The van der Waals surface area contributed by atoms with Gasteiger partial charge in [0.1, 0.15) is 18.1 Å². The Balaban J connectivity index is 1.50. The molecular weight excluding hydrogens is 529 g/mol. The number of fused-ring (bicyclic) bond motifs is 1. The lowest BCUT2D eigenvalue weighted by atomic mass is 10.2. The second-order valence-electron chi connectivity index (χ2n) is 8.79.